The van der Waals surface area contributed by atoms with Crippen molar-refractivity contribution in [3.05, 3.63) is 80.7 Å². The Morgan fingerprint density at radius 1 is 1.23 bits per heavy atom. The monoisotopic (exact) mass is 440 g/mol. The number of nitrogens with zero attached hydrogens (tertiary/aromatic N) is 4. The van der Waals surface area contributed by atoms with E-state index in [0.717, 1.165) is 0 Å². The van der Waals surface area contributed by atoms with Crippen LogP contribution >= 0.6 is 23.4 Å². The smallest absolute Gasteiger partial charge is 0.280 e. The zero-order chi connectivity index (χ0) is 21.3. The Labute approximate surface area is 180 Å². The molecule has 10 heteroatoms. The molecule has 0 bridgehead atoms. The van der Waals surface area contributed by atoms with Gasteiger partial charge in [0.1, 0.15) is 17.2 Å². The number of pyridine rings is 1. The number of para-hydroxylation sites is 1. The van der Waals surface area contributed by atoms with Crippen molar-refractivity contribution in [2.75, 3.05) is 7.05 Å². The van der Waals surface area contributed by atoms with Gasteiger partial charge in [-0.25, -0.2) is 9.98 Å². The molecule has 8 nitrogen and oxygen atoms in total. The zero-order valence-electron chi connectivity index (χ0n) is 15.5. The Bertz CT molecular complexity index is 1220. The summed E-state index contributed by atoms with van der Waals surface area (Å²) in [6, 6.07) is 13.0. The lowest BCUT2D eigenvalue weighted by Gasteiger charge is -2.07. The van der Waals surface area contributed by atoms with Crippen molar-refractivity contribution in [2.24, 2.45) is 4.99 Å². The fraction of sp³-hybridized carbons (Fsp3) is 0.0500. The SMILES string of the molecule is CN1C(=O)/C(=C\c2ccc(-c3ccccc3[N+](=O)[O-])o2)SC1=Nc1cccnc1Cl. The Morgan fingerprint density at radius 3 is 2.80 bits per heavy atom. The van der Waals surface area contributed by atoms with Gasteiger partial charge in [0.2, 0.25) is 0 Å². The summed E-state index contributed by atoms with van der Waals surface area (Å²) in [6.45, 7) is 0. The summed E-state index contributed by atoms with van der Waals surface area (Å²) in [6.07, 6.45) is 3.13. The molecule has 0 saturated carbocycles. The van der Waals surface area contributed by atoms with Gasteiger partial charge in [0.05, 0.1) is 15.4 Å². The van der Waals surface area contributed by atoms with Crippen molar-refractivity contribution in [1.82, 2.24) is 9.88 Å². The average Bonchev–Trinajstić information content (AvgIpc) is 3.30. The molecule has 0 aliphatic carbocycles. The molecule has 30 heavy (non-hydrogen) atoms. The highest BCUT2D eigenvalue weighted by Gasteiger charge is 2.31. The first-order valence-corrected chi connectivity index (χ1v) is 9.84. The summed E-state index contributed by atoms with van der Waals surface area (Å²) < 4.78 is 5.74. The molecule has 3 aromatic rings. The van der Waals surface area contributed by atoms with E-state index in [1.807, 2.05) is 0 Å². The number of aliphatic imine (C=N–C) groups is 1. The Morgan fingerprint density at radius 2 is 2.03 bits per heavy atom. The van der Waals surface area contributed by atoms with Crippen LogP contribution in [-0.4, -0.2) is 32.9 Å². The van der Waals surface area contributed by atoms with Gasteiger partial charge in [0.15, 0.2) is 10.3 Å². The van der Waals surface area contributed by atoms with Crippen LogP contribution in [0.2, 0.25) is 5.15 Å². The van der Waals surface area contributed by atoms with Gasteiger partial charge in [-0.1, -0.05) is 23.7 Å². The number of nitro benzene ring substituents is 1. The van der Waals surface area contributed by atoms with Crippen molar-refractivity contribution >= 4 is 51.9 Å². The number of amidine groups is 1. The molecule has 150 valence electrons. The predicted octanol–water partition coefficient (Wildman–Crippen LogP) is 5.14. The third-order valence-electron chi connectivity index (χ3n) is 4.23. The highest BCUT2D eigenvalue weighted by molar-refractivity contribution is 8.18. The molecule has 2 aromatic heterocycles. The second-order valence-electron chi connectivity index (χ2n) is 6.16. The number of halogens is 1. The molecule has 1 aliphatic heterocycles. The minimum absolute atomic E-state index is 0.0557. The second kappa shape index (κ2) is 8.13. The van der Waals surface area contributed by atoms with Gasteiger partial charge in [-0.15, -0.1) is 0 Å². The number of hydrogen-bond acceptors (Lipinski definition) is 7. The van der Waals surface area contributed by atoms with E-state index in [1.54, 1.807) is 61.8 Å². The maximum absolute atomic E-state index is 12.6. The molecule has 1 saturated heterocycles. The van der Waals surface area contributed by atoms with E-state index in [2.05, 4.69) is 9.98 Å². The molecule has 0 N–H and O–H groups in total. The first kappa shape index (κ1) is 19.9. The quantitative estimate of drug-likeness (QED) is 0.241. The van der Waals surface area contributed by atoms with Crippen LogP contribution in [-0.2, 0) is 4.79 Å². The summed E-state index contributed by atoms with van der Waals surface area (Å²) in [5.74, 6) is 0.490. The number of benzene rings is 1. The minimum atomic E-state index is -0.465. The van der Waals surface area contributed by atoms with Crippen molar-refractivity contribution in [2.45, 2.75) is 0 Å². The first-order chi connectivity index (χ1) is 14.4. The van der Waals surface area contributed by atoms with E-state index in [0.29, 0.717) is 32.8 Å². The second-order valence-corrected chi connectivity index (χ2v) is 7.53. The van der Waals surface area contributed by atoms with Gasteiger partial charge >= 0.3 is 0 Å². The summed E-state index contributed by atoms with van der Waals surface area (Å²) in [4.78, 5) is 33.6. The summed E-state index contributed by atoms with van der Waals surface area (Å²) in [5.41, 5.74) is 0.766. The van der Waals surface area contributed by atoms with Gasteiger partial charge in [0, 0.05) is 25.4 Å². The van der Waals surface area contributed by atoms with E-state index >= 15 is 0 Å². The lowest BCUT2D eigenvalue weighted by atomic mass is 10.1. The molecule has 1 aromatic carbocycles. The molecule has 1 aliphatic rings. The highest BCUT2D eigenvalue weighted by atomic mass is 35.5. The number of carbonyl (C=O) groups excluding carboxylic acids is 1. The van der Waals surface area contributed by atoms with Crippen LogP contribution in [0.1, 0.15) is 5.76 Å². The van der Waals surface area contributed by atoms with Crippen LogP contribution < -0.4 is 0 Å². The lowest BCUT2D eigenvalue weighted by molar-refractivity contribution is -0.384. The molecule has 1 fully saturated rings. The van der Waals surface area contributed by atoms with Crippen molar-refractivity contribution in [3.63, 3.8) is 0 Å². The summed E-state index contributed by atoms with van der Waals surface area (Å²) in [7, 11) is 1.61. The normalized spacial score (nSPS) is 16.6. The molecule has 1 amide bonds. The number of thioether (sulfide) groups is 1. The highest BCUT2D eigenvalue weighted by Crippen LogP contribution is 2.36. The number of aromatic nitrogens is 1. The average molecular weight is 441 g/mol. The first-order valence-electron chi connectivity index (χ1n) is 8.64. The molecule has 0 radical (unpaired) electrons. The third-order valence-corrected chi connectivity index (χ3v) is 5.58. The molecule has 0 atom stereocenters. The van der Waals surface area contributed by atoms with Crippen molar-refractivity contribution in [3.8, 4) is 11.3 Å². The maximum Gasteiger partial charge on any atom is 0.280 e. The van der Waals surface area contributed by atoms with Gasteiger partial charge < -0.3 is 4.42 Å². The van der Waals surface area contributed by atoms with Gasteiger partial charge in [0.25, 0.3) is 11.6 Å². The molecular weight excluding hydrogens is 428 g/mol. The third kappa shape index (κ3) is 3.85. The molecule has 4 rings (SSSR count). The van der Waals surface area contributed by atoms with E-state index in [9.17, 15) is 14.9 Å². The van der Waals surface area contributed by atoms with Crippen LogP contribution in [0.5, 0.6) is 0 Å². The van der Waals surface area contributed by atoms with E-state index < -0.39 is 4.92 Å². The number of nitro groups is 1. The van der Waals surface area contributed by atoms with Crippen LogP contribution in [0, 0.1) is 10.1 Å². The van der Waals surface area contributed by atoms with Crippen molar-refractivity contribution < 1.29 is 14.1 Å². The number of rotatable bonds is 4. The Kier molecular flexibility index (Phi) is 5.39. The Hall–Kier alpha value is -3.43. The van der Waals surface area contributed by atoms with Gasteiger partial charge in [-0.05, 0) is 42.1 Å². The topological polar surface area (TPSA) is 102 Å². The number of furan rings is 1. The molecule has 3 heterocycles. The molecule has 0 spiro atoms. The minimum Gasteiger partial charge on any atom is -0.456 e. The standard InChI is InChI=1S/C20H13ClN4O4S/c1-24-19(26)17(30-20(24)23-14-6-4-10-22-18(14)21)11-12-8-9-16(29-12)13-5-2-3-7-15(13)25(27)28/h2-11H,1H3/b17-11+,23-20?. The largest absolute Gasteiger partial charge is 0.456 e. The maximum atomic E-state index is 12.6. The number of amides is 1. The fourth-order valence-electron chi connectivity index (χ4n) is 2.76. The summed E-state index contributed by atoms with van der Waals surface area (Å²) in [5, 5.41) is 11.9. The van der Waals surface area contributed by atoms with Crippen molar-refractivity contribution in [1.29, 1.82) is 0 Å². The molecule has 0 unspecified atom stereocenters. The Balaban J connectivity index is 1.63. The number of hydrogen-bond donors (Lipinski definition) is 0. The fourth-order valence-corrected chi connectivity index (χ4v) is 3.88. The lowest BCUT2D eigenvalue weighted by Crippen LogP contribution is -2.23. The predicted molar refractivity (Wildman–Crippen MR) is 115 cm³/mol. The van der Waals surface area contributed by atoms with Crippen LogP contribution in [0.15, 0.2) is 69.0 Å². The van der Waals surface area contributed by atoms with E-state index in [4.69, 9.17) is 16.0 Å². The molecular formula is C20H13ClN4O4S. The zero-order valence-corrected chi connectivity index (χ0v) is 17.1. The van der Waals surface area contributed by atoms with E-state index in [1.165, 1.54) is 22.7 Å². The van der Waals surface area contributed by atoms with Crippen LogP contribution in [0.25, 0.3) is 17.4 Å². The van der Waals surface area contributed by atoms with Crippen LogP contribution in [0.3, 0.4) is 0 Å². The number of likely N-dealkylation sites (N-methyl/N-ethyl adjacent to an activating group) is 1. The summed E-state index contributed by atoms with van der Waals surface area (Å²) >= 11 is 7.21. The van der Waals surface area contributed by atoms with Crippen LogP contribution in [0.4, 0.5) is 11.4 Å². The number of carbonyl (C=O) groups is 1. The van der Waals surface area contributed by atoms with Gasteiger partial charge in [-0.2, -0.15) is 0 Å². The van der Waals surface area contributed by atoms with Gasteiger partial charge in [-0.3, -0.25) is 19.8 Å². The van der Waals surface area contributed by atoms with E-state index in [-0.39, 0.29) is 16.7 Å².